The van der Waals surface area contributed by atoms with Crippen molar-refractivity contribution in [2.75, 3.05) is 26.4 Å². The third kappa shape index (κ3) is 56.7. The maximum Gasteiger partial charge on any atom is 0.472 e. The monoisotopic (exact) mass is 1100 g/mol. The summed E-state index contributed by atoms with van der Waals surface area (Å²) in [6, 6.07) is 0. The highest BCUT2D eigenvalue weighted by Gasteiger charge is 2.28. The standard InChI is InChI=1S/C64H121O11P/c1-4-7-10-13-16-19-22-24-26-28-30-32-34-36-39-41-44-47-50-53-62(66)71-57-61(75-64(68)55-52-49-46-43-40-37-35-33-31-29-27-25-23-20-17-14-11-8-5-2)59-73-76(69,70)72-58-60(56-65)74-63(67)54-51-48-45-42-38-21-18-15-12-9-6-3/h24-27,60-61,65H,4-23,28-59H2,1-3H3,(H,69,70)/b26-24-,27-25-. The van der Waals surface area contributed by atoms with E-state index in [1.54, 1.807) is 0 Å². The van der Waals surface area contributed by atoms with Crippen LogP contribution in [0.5, 0.6) is 0 Å². The molecule has 0 spiro atoms. The summed E-state index contributed by atoms with van der Waals surface area (Å²) in [5.41, 5.74) is 0. The van der Waals surface area contributed by atoms with Gasteiger partial charge in [0.1, 0.15) is 12.7 Å². The molecule has 0 radical (unpaired) electrons. The SMILES string of the molecule is CCCCCCCC/C=C\CCCCCCCCCCCC(=O)OCC(COP(=O)(O)OCC(CO)OC(=O)CCCCCCCCCCCCC)OC(=O)CCCCCCCCCCC/C=C\CCCCCCCC. The molecule has 0 aliphatic rings. The summed E-state index contributed by atoms with van der Waals surface area (Å²) in [5, 5.41) is 9.82. The number of esters is 3. The molecule has 0 aliphatic heterocycles. The topological polar surface area (TPSA) is 155 Å². The lowest BCUT2D eigenvalue weighted by Gasteiger charge is -2.21. The maximum atomic E-state index is 13.0. The molecule has 0 heterocycles. The van der Waals surface area contributed by atoms with Crippen LogP contribution >= 0.6 is 7.82 Å². The van der Waals surface area contributed by atoms with Crippen molar-refractivity contribution in [3.05, 3.63) is 24.3 Å². The van der Waals surface area contributed by atoms with Gasteiger partial charge < -0.3 is 24.2 Å². The second kappa shape index (κ2) is 59.1. The average Bonchev–Trinajstić information content (AvgIpc) is 3.41. The molecular formula is C64H121O11P. The molecule has 3 atom stereocenters. The lowest BCUT2D eigenvalue weighted by atomic mass is 10.1. The number of phosphoric acid groups is 1. The van der Waals surface area contributed by atoms with Gasteiger partial charge in [0, 0.05) is 19.3 Å². The van der Waals surface area contributed by atoms with Crippen LogP contribution in [0.1, 0.15) is 329 Å². The number of aliphatic hydroxyl groups excluding tert-OH is 1. The van der Waals surface area contributed by atoms with E-state index in [1.165, 1.54) is 212 Å². The minimum atomic E-state index is -4.74. The van der Waals surface area contributed by atoms with Crippen molar-refractivity contribution in [1.82, 2.24) is 0 Å². The molecule has 0 aromatic rings. The molecular weight excluding hydrogens is 976 g/mol. The first kappa shape index (κ1) is 74.0. The van der Waals surface area contributed by atoms with Crippen molar-refractivity contribution in [3.8, 4) is 0 Å². The number of hydrogen-bond donors (Lipinski definition) is 2. The molecule has 11 nitrogen and oxygen atoms in total. The Morgan fingerprint density at radius 1 is 0.355 bits per heavy atom. The van der Waals surface area contributed by atoms with Crippen LogP contribution < -0.4 is 0 Å². The molecule has 0 aromatic carbocycles. The van der Waals surface area contributed by atoms with E-state index in [0.29, 0.717) is 19.3 Å². The van der Waals surface area contributed by atoms with Crippen LogP contribution in [0, 0.1) is 0 Å². The van der Waals surface area contributed by atoms with Gasteiger partial charge in [0.25, 0.3) is 0 Å². The zero-order valence-electron chi connectivity index (χ0n) is 49.7. The Balaban J connectivity index is 4.65. The molecule has 12 heteroatoms. The number of carbonyl (C=O) groups is 3. The zero-order chi connectivity index (χ0) is 55.5. The van der Waals surface area contributed by atoms with Crippen molar-refractivity contribution < 1.29 is 52.2 Å². The zero-order valence-corrected chi connectivity index (χ0v) is 50.6. The quantitative estimate of drug-likeness (QED) is 0.0197. The number of aliphatic hydroxyl groups is 1. The van der Waals surface area contributed by atoms with Crippen molar-refractivity contribution >= 4 is 25.7 Å². The number of unbranched alkanes of at least 4 members (excludes halogenated alkanes) is 40. The number of ether oxygens (including phenoxy) is 3. The van der Waals surface area contributed by atoms with Gasteiger partial charge in [-0.15, -0.1) is 0 Å². The molecule has 3 unspecified atom stereocenters. The van der Waals surface area contributed by atoms with Crippen LogP contribution in [0.15, 0.2) is 24.3 Å². The predicted molar refractivity (Wildman–Crippen MR) is 316 cm³/mol. The van der Waals surface area contributed by atoms with Gasteiger partial charge in [0.15, 0.2) is 6.10 Å². The number of rotatable bonds is 61. The van der Waals surface area contributed by atoms with Crippen molar-refractivity contribution in [2.45, 2.75) is 341 Å². The van der Waals surface area contributed by atoms with E-state index in [9.17, 15) is 28.9 Å². The Morgan fingerprint density at radius 3 is 0.908 bits per heavy atom. The first-order valence-electron chi connectivity index (χ1n) is 32.2. The fraction of sp³-hybridized carbons (Fsp3) is 0.891. The highest BCUT2D eigenvalue weighted by Crippen LogP contribution is 2.43. The molecule has 76 heavy (non-hydrogen) atoms. The van der Waals surface area contributed by atoms with Crippen molar-refractivity contribution in [1.29, 1.82) is 0 Å². The molecule has 2 N–H and O–H groups in total. The van der Waals surface area contributed by atoms with E-state index in [0.717, 1.165) is 57.8 Å². The summed E-state index contributed by atoms with van der Waals surface area (Å²) in [6.07, 6.45) is 61.3. The highest BCUT2D eigenvalue weighted by atomic mass is 31.2. The third-order valence-electron chi connectivity index (χ3n) is 14.3. The highest BCUT2D eigenvalue weighted by molar-refractivity contribution is 7.47. The van der Waals surface area contributed by atoms with Gasteiger partial charge in [0.05, 0.1) is 19.8 Å². The second-order valence-electron chi connectivity index (χ2n) is 21.9. The maximum absolute atomic E-state index is 13.0. The summed E-state index contributed by atoms with van der Waals surface area (Å²) in [4.78, 5) is 48.7. The molecule has 0 aromatic heterocycles. The van der Waals surface area contributed by atoms with Gasteiger partial charge in [0.2, 0.25) is 0 Å². The van der Waals surface area contributed by atoms with E-state index < -0.39 is 57.8 Å². The molecule has 0 saturated carbocycles. The Morgan fingerprint density at radius 2 is 0.605 bits per heavy atom. The Hall–Kier alpha value is -2.04. The smallest absolute Gasteiger partial charge is 0.462 e. The van der Waals surface area contributed by atoms with Crippen LogP contribution in [0.2, 0.25) is 0 Å². The minimum Gasteiger partial charge on any atom is -0.462 e. The molecule has 0 aliphatic carbocycles. The van der Waals surface area contributed by atoms with E-state index in [1.807, 2.05) is 0 Å². The third-order valence-corrected chi connectivity index (χ3v) is 15.3. The summed E-state index contributed by atoms with van der Waals surface area (Å²) >= 11 is 0. The van der Waals surface area contributed by atoms with Crippen LogP contribution in [0.25, 0.3) is 0 Å². The molecule has 0 amide bonds. The van der Waals surface area contributed by atoms with Gasteiger partial charge in [-0.05, 0) is 70.6 Å². The van der Waals surface area contributed by atoms with Crippen molar-refractivity contribution in [2.24, 2.45) is 0 Å². The van der Waals surface area contributed by atoms with Gasteiger partial charge in [-0.1, -0.05) is 263 Å². The van der Waals surface area contributed by atoms with Crippen LogP contribution in [0.4, 0.5) is 0 Å². The van der Waals surface area contributed by atoms with E-state index >= 15 is 0 Å². The lowest BCUT2D eigenvalue weighted by molar-refractivity contribution is -0.161. The van der Waals surface area contributed by atoms with Crippen LogP contribution in [0.3, 0.4) is 0 Å². The summed E-state index contributed by atoms with van der Waals surface area (Å²) in [7, 11) is -4.74. The Kier molecular flexibility index (Phi) is 57.5. The first-order valence-corrected chi connectivity index (χ1v) is 33.7. The summed E-state index contributed by atoms with van der Waals surface area (Å²) in [5.74, 6) is -1.44. The van der Waals surface area contributed by atoms with Gasteiger partial charge in [-0.3, -0.25) is 23.4 Å². The number of hydrogen-bond acceptors (Lipinski definition) is 10. The normalized spacial score (nSPS) is 13.4. The van der Waals surface area contributed by atoms with Gasteiger partial charge in [-0.25, -0.2) is 4.57 Å². The van der Waals surface area contributed by atoms with E-state index in [4.69, 9.17) is 23.3 Å². The molecule has 0 rings (SSSR count). The second-order valence-corrected chi connectivity index (χ2v) is 23.4. The van der Waals surface area contributed by atoms with Gasteiger partial charge >= 0.3 is 25.7 Å². The molecule has 0 bridgehead atoms. The van der Waals surface area contributed by atoms with Crippen LogP contribution in [-0.4, -0.2) is 66.5 Å². The van der Waals surface area contributed by atoms with Crippen LogP contribution in [-0.2, 0) is 42.2 Å². The largest absolute Gasteiger partial charge is 0.472 e. The number of phosphoric ester groups is 1. The molecule has 0 fully saturated rings. The average molecular weight is 1100 g/mol. The predicted octanol–water partition coefficient (Wildman–Crippen LogP) is 19.4. The van der Waals surface area contributed by atoms with Crippen molar-refractivity contribution in [3.63, 3.8) is 0 Å². The van der Waals surface area contributed by atoms with Gasteiger partial charge in [-0.2, -0.15) is 0 Å². The minimum absolute atomic E-state index is 0.170. The fourth-order valence-corrected chi connectivity index (χ4v) is 10.2. The van der Waals surface area contributed by atoms with E-state index in [-0.39, 0.29) is 25.9 Å². The lowest BCUT2D eigenvalue weighted by Crippen LogP contribution is -2.30. The number of allylic oxidation sites excluding steroid dienone is 4. The Labute approximate surface area is 468 Å². The Bertz CT molecular complexity index is 1370. The molecule has 448 valence electrons. The fourth-order valence-electron chi connectivity index (χ4n) is 9.41. The molecule has 0 saturated heterocycles. The summed E-state index contributed by atoms with van der Waals surface area (Å²) in [6.45, 7) is 4.69. The number of carbonyl (C=O) groups excluding carboxylic acids is 3. The first-order chi connectivity index (χ1) is 37.2. The summed E-state index contributed by atoms with van der Waals surface area (Å²) < 4.78 is 39.7. The van der Waals surface area contributed by atoms with E-state index in [2.05, 4.69) is 45.1 Å².